The quantitative estimate of drug-likeness (QED) is 0.938. The summed E-state index contributed by atoms with van der Waals surface area (Å²) in [4.78, 5) is 7.29. The maximum Gasteiger partial charge on any atom is 0.139 e. The second-order valence-corrected chi connectivity index (χ2v) is 6.44. The van der Waals surface area contributed by atoms with E-state index in [1.165, 1.54) is 31.5 Å². The molecule has 0 bridgehead atoms. The van der Waals surface area contributed by atoms with Crippen LogP contribution in [0.25, 0.3) is 5.65 Å². The number of aryl methyl sites for hydroxylation is 1. The van der Waals surface area contributed by atoms with Crippen molar-refractivity contribution in [3.05, 3.63) is 35.8 Å². The van der Waals surface area contributed by atoms with E-state index in [-0.39, 0.29) is 0 Å². The lowest BCUT2D eigenvalue weighted by molar-refractivity contribution is 0.160. The number of nitrogens with one attached hydrogen (secondary N) is 1. The van der Waals surface area contributed by atoms with Gasteiger partial charge >= 0.3 is 0 Å². The Labute approximate surface area is 127 Å². The van der Waals surface area contributed by atoms with Gasteiger partial charge in [-0.05, 0) is 58.3 Å². The molecule has 3 heterocycles. The van der Waals surface area contributed by atoms with Gasteiger partial charge in [0.05, 0.1) is 5.69 Å². The summed E-state index contributed by atoms with van der Waals surface area (Å²) >= 11 is 0. The van der Waals surface area contributed by atoms with E-state index in [9.17, 15) is 0 Å². The number of aromatic nitrogens is 2. The average Bonchev–Trinajstić information content (AvgIpc) is 2.90. The van der Waals surface area contributed by atoms with Crippen molar-refractivity contribution in [2.45, 2.75) is 52.2 Å². The van der Waals surface area contributed by atoms with Crippen molar-refractivity contribution < 1.29 is 0 Å². The van der Waals surface area contributed by atoms with E-state index in [0.29, 0.717) is 12.1 Å². The highest BCUT2D eigenvalue weighted by Crippen LogP contribution is 2.14. The van der Waals surface area contributed by atoms with E-state index < -0.39 is 0 Å². The second-order valence-electron chi connectivity index (χ2n) is 6.44. The molecule has 0 unspecified atom stereocenters. The fraction of sp³-hybridized carbons (Fsp3) is 0.588. The predicted octanol–water partition coefficient (Wildman–Crippen LogP) is 2.61. The molecule has 0 atom stereocenters. The number of pyridine rings is 1. The van der Waals surface area contributed by atoms with Crippen LogP contribution >= 0.6 is 0 Å². The molecule has 2 aromatic rings. The fourth-order valence-corrected chi connectivity index (χ4v) is 3.16. The lowest BCUT2D eigenvalue weighted by Gasteiger charge is -2.34. The van der Waals surface area contributed by atoms with Gasteiger partial charge in [-0.15, -0.1) is 0 Å². The minimum Gasteiger partial charge on any atom is -0.308 e. The molecule has 21 heavy (non-hydrogen) atoms. The Morgan fingerprint density at radius 2 is 2.10 bits per heavy atom. The zero-order chi connectivity index (χ0) is 14.8. The maximum atomic E-state index is 4.73. The van der Waals surface area contributed by atoms with Crippen molar-refractivity contribution in [3.8, 4) is 0 Å². The summed E-state index contributed by atoms with van der Waals surface area (Å²) < 4.78 is 2.12. The average molecular weight is 286 g/mol. The molecule has 1 fully saturated rings. The Morgan fingerprint density at radius 1 is 1.33 bits per heavy atom. The van der Waals surface area contributed by atoms with Gasteiger partial charge in [-0.1, -0.05) is 6.07 Å². The molecule has 2 aromatic heterocycles. The summed E-state index contributed by atoms with van der Waals surface area (Å²) in [6, 6.07) is 5.49. The normalized spacial score (nSPS) is 17.9. The van der Waals surface area contributed by atoms with E-state index in [4.69, 9.17) is 4.98 Å². The van der Waals surface area contributed by atoms with Crippen LogP contribution in [-0.2, 0) is 6.54 Å². The predicted molar refractivity (Wildman–Crippen MR) is 86.5 cm³/mol. The van der Waals surface area contributed by atoms with Gasteiger partial charge < -0.3 is 14.6 Å². The van der Waals surface area contributed by atoms with Gasteiger partial charge in [0.2, 0.25) is 0 Å². The van der Waals surface area contributed by atoms with Crippen LogP contribution in [0.2, 0.25) is 0 Å². The van der Waals surface area contributed by atoms with E-state index in [1.54, 1.807) is 0 Å². The van der Waals surface area contributed by atoms with Crippen LogP contribution in [0.1, 0.15) is 37.9 Å². The number of rotatable bonds is 4. The third-order valence-electron chi connectivity index (χ3n) is 4.56. The molecule has 3 rings (SSSR count). The molecule has 1 N–H and O–H groups in total. The molecule has 4 heteroatoms. The fourth-order valence-electron chi connectivity index (χ4n) is 3.16. The molecule has 4 nitrogen and oxygen atoms in total. The lowest BCUT2D eigenvalue weighted by Crippen LogP contribution is -2.44. The van der Waals surface area contributed by atoms with Crippen LogP contribution in [0.4, 0.5) is 0 Å². The molecule has 0 aliphatic carbocycles. The smallest absolute Gasteiger partial charge is 0.139 e. The van der Waals surface area contributed by atoms with Crippen LogP contribution in [-0.4, -0.2) is 39.5 Å². The maximum absolute atomic E-state index is 4.73. The molecule has 0 radical (unpaired) electrons. The number of imidazole rings is 1. The lowest BCUT2D eigenvalue weighted by atomic mass is 10.0. The van der Waals surface area contributed by atoms with Gasteiger partial charge in [0.25, 0.3) is 0 Å². The molecule has 0 spiro atoms. The van der Waals surface area contributed by atoms with Gasteiger partial charge in [-0.3, -0.25) is 0 Å². The summed E-state index contributed by atoms with van der Waals surface area (Å²) in [6.07, 6.45) is 6.69. The highest BCUT2D eigenvalue weighted by molar-refractivity contribution is 5.47. The van der Waals surface area contributed by atoms with Crippen molar-refractivity contribution in [2.75, 3.05) is 13.1 Å². The third-order valence-corrected chi connectivity index (χ3v) is 4.56. The van der Waals surface area contributed by atoms with Gasteiger partial charge in [0.15, 0.2) is 0 Å². The summed E-state index contributed by atoms with van der Waals surface area (Å²) in [7, 11) is 0. The zero-order valence-corrected chi connectivity index (χ0v) is 13.3. The van der Waals surface area contributed by atoms with E-state index >= 15 is 0 Å². The summed E-state index contributed by atoms with van der Waals surface area (Å²) in [5.74, 6) is 0. The van der Waals surface area contributed by atoms with Crippen LogP contribution in [0.3, 0.4) is 0 Å². The topological polar surface area (TPSA) is 32.6 Å². The third kappa shape index (κ3) is 3.27. The second kappa shape index (κ2) is 6.16. The number of likely N-dealkylation sites (tertiary alicyclic amines) is 1. The van der Waals surface area contributed by atoms with Crippen molar-refractivity contribution >= 4 is 5.65 Å². The van der Waals surface area contributed by atoms with E-state index in [1.807, 2.05) is 0 Å². The molecule has 0 aromatic carbocycles. The minimum atomic E-state index is 0.630. The Kier molecular flexibility index (Phi) is 4.27. The zero-order valence-electron chi connectivity index (χ0n) is 13.3. The number of hydrogen-bond donors (Lipinski definition) is 1. The van der Waals surface area contributed by atoms with Crippen molar-refractivity contribution in [1.82, 2.24) is 19.6 Å². The highest BCUT2D eigenvalue weighted by Gasteiger charge is 2.20. The van der Waals surface area contributed by atoms with Crippen molar-refractivity contribution in [3.63, 3.8) is 0 Å². The van der Waals surface area contributed by atoms with Crippen LogP contribution in [0.15, 0.2) is 24.5 Å². The Balaban J connectivity index is 1.56. The molecule has 0 saturated carbocycles. The van der Waals surface area contributed by atoms with Gasteiger partial charge in [-0.2, -0.15) is 0 Å². The monoisotopic (exact) mass is 286 g/mol. The summed E-state index contributed by atoms with van der Waals surface area (Å²) in [6.45, 7) is 9.97. The van der Waals surface area contributed by atoms with Crippen molar-refractivity contribution in [2.24, 2.45) is 0 Å². The molecule has 0 amide bonds. The number of nitrogens with zero attached hydrogens (tertiary/aromatic N) is 3. The summed E-state index contributed by atoms with van der Waals surface area (Å²) in [5, 5.41) is 3.68. The first kappa shape index (κ1) is 14.5. The summed E-state index contributed by atoms with van der Waals surface area (Å²) in [5.41, 5.74) is 3.44. The molecule has 1 aliphatic heterocycles. The van der Waals surface area contributed by atoms with E-state index in [2.05, 4.69) is 59.9 Å². The van der Waals surface area contributed by atoms with Crippen LogP contribution in [0.5, 0.6) is 0 Å². The molecule has 114 valence electrons. The SMILES string of the molecule is Cc1cccn2cc(CNC3CCN(C(C)C)CC3)nc12. The van der Waals surface area contributed by atoms with Gasteiger partial charge in [0.1, 0.15) is 5.65 Å². The first-order valence-electron chi connectivity index (χ1n) is 8.04. The Morgan fingerprint density at radius 3 is 2.76 bits per heavy atom. The Bertz CT molecular complexity index is 594. The number of piperidine rings is 1. The molecular formula is C17H26N4. The number of fused-ring (bicyclic) bond motifs is 1. The molecular weight excluding hydrogens is 260 g/mol. The van der Waals surface area contributed by atoms with E-state index in [0.717, 1.165) is 17.9 Å². The van der Waals surface area contributed by atoms with Gasteiger partial charge in [0, 0.05) is 31.0 Å². The number of hydrogen-bond acceptors (Lipinski definition) is 3. The highest BCUT2D eigenvalue weighted by atomic mass is 15.2. The Hall–Kier alpha value is -1.39. The molecule has 1 aliphatic rings. The van der Waals surface area contributed by atoms with Crippen LogP contribution in [0, 0.1) is 6.92 Å². The standard InChI is InChI=1S/C17H26N4/c1-13(2)20-9-6-15(7-10-20)18-11-16-12-21-8-4-5-14(3)17(21)19-16/h4-5,8,12-13,15,18H,6-7,9-11H2,1-3H3. The first-order chi connectivity index (χ1) is 10.1. The molecule has 1 saturated heterocycles. The van der Waals surface area contributed by atoms with Crippen LogP contribution < -0.4 is 5.32 Å². The minimum absolute atomic E-state index is 0.630. The first-order valence-corrected chi connectivity index (χ1v) is 8.04. The van der Waals surface area contributed by atoms with Crippen molar-refractivity contribution in [1.29, 1.82) is 0 Å². The largest absolute Gasteiger partial charge is 0.308 e. The van der Waals surface area contributed by atoms with Gasteiger partial charge in [-0.25, -0.2) is 4.98 Å².